The zero-order valence-corrected chi connectivity index (χ0v) is 5.25. The first-order valence-electron chi connectivity index (χ1n) is 2.62. The molecular weight excluding hydrogens is 140 g/mol. The molecular formula is C5H9BLiNO3. The van der Waals surface area contributed by atoms with Crippen LogP contribution < -0.4 is 0 Å². The molecule has 0 fully saturated rings. The maximum absolute atomic E-state index is 7.17. The van der Waals surface area contributed by atoms with Crippen molar-refractivity contribution in [2.45, 2.75) is 0 Å². The first kappa shape index (κ1) is 13.3. The minimum Gasteiger partial charge on any atom is -0.265 e. The third kappa shape index (κ3) is 17.7. The minimum absolute atomic E-state index is 0. The van der Waals surface area contributed by atoms with Crippen LogP contribution in [0.5, 0.6) is 0 Å². The second-order valence-corrected chi connectivity index (χ2v) is 1.37. The normalized spacial score (nSPS) is 6.82. The molecule has 0 spiro atoms. The van der Waals surface area contributed by atoms with Crippen molar-refractivity contribution in [3.05, 3.63) is 30.6 Å². The first-order valence-corrected chi connectivity index (χ1v) is 2.62. The summed E-state index contributed by atoms with van der Waals surface area (Å²) in [7, 11) is -2.17. The molecule has 6 heteroatoms. The van der Waals surface area contributed by atoms with Gasteiger partial charge in [-0.15, -0.1) is 0 Å². The molecule has 11 heavy (non-hydrogen) atoms. The van der Waals surface area contributed by atoms with Gasteiger partial charge >= 0.3 is 26.2 Å². The van der Waals surface area contributed by atoms with Crippen LogP contribution in [0.25, 0.3) is 0 Å². The average Bonchev–Trinajstić information content (AvgIpc) is 1.90. The van der Waals surface area contributed by atoms with E-state index in [2.05, 4.69) is 4.98 Å². The van der Waals surface area contributed by atoms with Crippen LogP contribution in [0.2, 0.25) is 0 Å². The summed E-state index contributed by atoms with van der Waals surface area (Å²) in [5.41, 5.74) is 0. The Labute approximate surface area is 77.3 Å². The summed E-state index contributed by atoms with van der Waals surface area (Å²) < 4.78 is 0. The standard InChI is InChI=1S/C5H5N.BH3O3.Li.H/c1-2-4-6-5-3-1;2-1(3)4;;/h1-5H;2-4H;;. The van der Waals surface area contributed by atoms with Crippen molar-refractivity contribution in [2.24, 2.45) is 0 Å². The number of rotatable bonds is 0. The van der Waals surface area contributed by atoms with E-state index in [0.717, 1.165) is 0 Å². The number of hydrogen-bond acceptors (Lipinski definition) is 4. The second kappa shape index (κ2) is 9.69. The van der Waals surface area contributed by atoms with Crippen LogP contribution in [-0.2, 0) is 0 Å². The van der Waals surface area contributed by atoms with Crippen LogP contribution in [-0.4, -0.2) is 46.2 Å². The third-order valence-corrected chi connectivity index (χ3v) is 0.566. The van der Waals surface area contributed by atoms with Gasteiger partial charge in [-0.3, -0.25) is 4.98 Å². The van der Waals surface area contributed by atoms with Gasteiger partial charge in [0.2, 0.25) is 0 Å². The van der Waals surface area contributed by atoms with Crippen molar-refractivity contribution in [2.75, 3.05) is 0 Å². The molecule has 1 aromatic heterocycles. The third-order valence-electron chi connectivity index (χ3n) is 0.566. The quantitative estimate of drug-likeness (QED) is 0.387. The summed E-state index contributed by atoms with van der Waals surface area (Å²) in [6.07, 6.45) is 3.50. The molecule has 0 bridgehead atoms. The van der Waals surface area contributed by atoms with E-state index in [4.69, 9.17) is 15.1 Å². The maximum Gasteiger partial charge on any atom is 0.0267 e. The van der Waals surface area contributed by atoms with Gasteiger partial charge < -0.3 is 15.1 Å². The van der Waals surface area contributed by atoms with E-state index in [1.54, 1.807) is 12.4 Å². The summed E-state index contributed by atoms with van der Waals surface area (Å²) >= 11 is 0. The fraction of sp³-hybridized carbons (Fsp3) is 0. The minimum atomic E-state index is -2.17. The molecule has 0 aliphatic carbocycles. The van der Waals surface area contributed by atoms with Crippen LogP contribution in [0.3, 0.4) is 0 Å². The van der Waals surface area contributed by atoms with Gasteiger partial charge in [0.1, 0.15) is 0 Å². The predicted octanol–water partition coefficient (Wildman–Crippen LogP) is -1.62. The molecule has 0 atom stereocenters. The molecule has 1 aromatic rings. The van der Waals surface area contributed by atoms with Gasteiger partial charge in [0.25, 0.3) is 0 Å². The maximum atomic E-state index is 7.17. The summed E-state index contributed by atoms with van der Waals surface area (Å²) in [6.45, 7) is 0. The van der Waals surface area contributed by atoms with Gasteiger partial charge in [-0.1, -0.05) is 6.07 Å². The topological polar surface area (TPSA) is 73.6 Å². The van der Waals surface area contributed by atoms with Crippen LogP contribution in [0.15, 0.2) is 30.6 Å². The molecule has 0 unspecified atom stereocenters. The van der Waals surface area contributed by atoms with E-state index in [-0.39, 0.29) is 18.9 Å². The molecule has 0 aliphatic heterocycles. The van der Waals surface area contributed by atoms with E-state index in [9.17, 15) is 0 Å². The predicted molar refractivity (Wildman–Crippen MR) is 43.8 cm³/mol. The summed E-state index contributed by atoms with van der Waals surface area (Å²) in [5.74, 6) is 0. The van der Waals surface area contributed by atoms with Gasteiger partial charge in [0.15, 0.2) is 0 Å². The van der Waals surface area contributed by atoms with Crippen molar-refractivity contribution in [1.29, 1.82) is 0 Å². The van der Waals surface area contributed by atoms with Crippen molar-refractivity contribution >= 4 is 26.2 Å². The number of hydrogen-bond donors (Lipinski definition) is 3. The molecule has 1 heterocycles. The van der Waals surface area contributed by atoms with E-state index in [0.29, 0.717) is 0 Å². The first-order chi connectivity index (χ1) is 4.73. The van der Waals surface area contributed by atoms with Crippen LogP contribution in [0, 0.1) is 0 Å². The summed E-state index contributed by atoms with van der Waals surface area (Å²) in [6, 6.07) is 5.72. The molecule has 1 rings (SSSR count). The molecule has 0 saturated heterocycles. The van der Waals surface area contributed by atoms with E-state index in [1.165, 1.54) is 0 Å². The molecule has 0 radical (unpaired) electrons. The fourth-order valence-corrected chi connectivity index (χ4v) is 0.313. The van der Waals surface area contributed by atoms with Gasteiger partial charge in [-0.2, -0.15) is 0 Å². The number of aromatic nitrogens is 1. The molecule has 0 aliphatic rings. The van der Waals surface area contributed by atoms with Crippen LogP contribution >= 0.6 is 0 Å². The Morgan fingerprint density at radius 3 is 1.36 bits per heavy atom. The average molecular weight is 149 g/mol. The van der Waals surface area contributed by atoms with Gasteiger partial charge in [0, 0.05) is 12.4 Å². The largest absolute Gasteiger partial charge is 0.265 e. The molecule has 0 amide bonds. The fourth-order valence-electron chi connectivity index (χ4n) is 0.313. The monoisotopic (exact) mass is 149 g/mol. The Morgan fingerprint density at radius 2 is 1.27 bits per heavy atom. The Kier molecular flexibility index (Phi) is 11.7. The van der Waals surface area contributed by atoms with Crippen molar-refractivity contribution in [1.82, 2.24) is 4.98 Å². The smallest absolute Gasteiger partial charge is 0.0267 e. The summed E-state index contributed by atoms with van der Waals surface area (Å²) in [5, 5.41) is 21.5. The molecule has 0 aromatic carbocycles. The van der Waals surface area contributed by atoms with Crippen molar-refractivity contribution < 1.29 is 15.1 Å². The second-order valence-electron chi connectivity index (χ2n) is 1.37. The van der Waals surface area contributed by atoms with E-state index in [1.807, 2.05) is 18.2 Å². The van der Waals surface area contributed by atoms with Crippen molar-refractivity contribution in [3.63, 3.8) is 0 Å². The number of pyridine rings is 1. The SMILES string of the molecule is OB(O)O.[LiH].c1ccncc1. The van der Waals surface area contributed by atoms with Gasteiger partial charge in [0.05, 0.1) is 0 Å². The Balaban J connectivity index is 0. The van der Waals surface area contributed by atoms with E-state index >= 15 is 0 Å². The summed E-state index contributed by atoms with van der Waals surface area (Å²) in [4.78, 5) is 3.78. The Morgan fingerprint density at radius 1 is 0.909 bits per heavy atom. The number of nitrogens with zero attached hydrogens (tertiary/aromatic N) is 1. The van der Waals surface area contributed by atoms with Gasteiger partial charge in [-0.25, -0.2) is 0 Å². The van der Waals surface area contributed by atoms with E-state index < -0.39 is 7.32 Å². The Bertz CT molecular complexity index is 122. The zero-order chi connectivity index (χ0) is 7.82. The molecule has 3 N–H and O–H groups in total. The Hall–Kier alpha value is -0.308. The zero-order valence-electron chi connectivity index (χ0n) is 5.25. The van der Waals surface area contributed by atoms with Crippen molar-refractivity contribution in [3.8, 4) is 0 Å². The van der Waals surface area contributed by atoms with Gasteiger partial charge in [-0.05, 0) is 12.1 Å². The molecule has 4 nitrogen and oxygen atoms in total. The molecule has 0 saturated carbocycles. The van der Waals surface area contributed by atoms with Crippen LogP contribution in [0.4, 0.5) is 0 Å². The van der Waals surface area contributed by atoms with Crippen LogP contribution in [0.1, 0.15) is 0 Å². The molecule has 56 valence electrons.